The highest BCUT2D eigenvalue weighted by Gasteiger charge is 2.76. The zero-order chi connectivity index (χ0) is 16.8. The van der Waals surface area contributed by atoms with Gasteiger partial charge in [0.25, 0.3) is 6.36 Å². The number of ether oxygens (including phenoxy) is 1. The standard InChI is InChI=1S/C5H2F10O4S/c6-1(2(7,8)20(16,17)18)19-5(14,15)3(9,10)4(11,12)13/h1H,(H,16,17,18)/p-1. The first kappa shape index (κ1) is 19.2. The topological polar surface area (TPSA) is 66.4 Å². The predicted molar refractivity (Wildman–Crippen MR) is 36.6 cm³/mol. The van der Waals surface area contributed by atoms with Crippen molar-refractivity contribution in [1.29, 1.82) is 0 Å². The lowest BCUT2D eigenvalue weighted by atomic mass is 10.3. The molecule has 0 saturated carbocycles. The Kier molecular flexibility index (Phi) is 4.67. The van der Waals surface area contributed by atoms with Gasteiger partial charge in [-0.15, -0.1) is 0 Å². The Morgan fingerprint density at radius 1 is 0.900 bits per heavy atom. The van der Waals surface area contributed by atoms with Crippen LogP contribution in [0, 0.1) is 0 Å². The lowest BCUT2D eigenvalue weighted by Crippen LogP contribution is -2.56. The molecule has 0 bridgehead atoms. The molecular weight excluding hydrogens is 346 g/mol. The average Bonchev–Trinajstić information content (AvgIpc) is 2.12. The van der Waals surface area contributed by atoms with E-state index in [1.807, 2.05) is 4.74 Å². The molecule has 0 N–H and O–H groups in total. The van der Waals surface area contributed by atoms with Crippen molar-refractivity contribution in [3.05, 3.63) is 0 Å². The van der Waals surface area contributed by atoms with E-state index in [9.17, 15) is 56.9 Å². The van der Waals surface area contributed by atoms with Gasteiger partial charge >= 0.3 is 23.5 Å². The number of halogens is 10. The van der Waals surface area contributed by atoms with E-state index in [0.29, 0.717) is 0 Å². The summed E-state index contributed by atoms with van der Waals surface area (Å²) in [6, 6.07) is 0. The molecule has 0 amide bonds. The van der Waals surface area contributed by atoms with Crippen molar-refractivity contribution in [3.63, 3.8) is 0 Å². The lowest BCUT2D eigenvalue weighted by Gasteiger charge is -2.31. The van der Waals surface area contributed by atoms with Crippen LogP contribution in [0.1, 0.15) is 0 Å². The Labute approximate surface area is 103 Å². The van der Waals surface area contributed by atoms with Gasteiger partial charge in [-0.3, -0.25) is 4.74 Å². The third-order valence-corrected chi connectivity index (χ3v) is 2.42. The molecule has 0 radical (unpaired) electrons. The van der Waals surface area contributed by atoms with Gasteiger partial charge in [0.1, 0.15) is 0 Å². The predicted octanol–water partition coefficient (Wildman–Crippen LogP) is 2.23. The molecule has 0 aliphatic carbocycles. The third-order valence-electron chi connectivity index (χ3n) is 1.57. The van der Waals surface area contributed by atoms with Gasteiger partial charge in [0.05, 0.1) is 0 Å². The second-order valence-corrected chi connectivity index (χ2v) is 4.49. The van der Waals surface area contributed by atoms with Gasteiger partial charge in [0, 0.05) is 0 Å². The SMILES string of the molecule is O=S(=O)([O-])C(F)(F)C(F)OC(F)(F)C(F)(F)C(F)(F)F. The minimum Gasteiger partial charge on any atom is -0.743 e. The molecule has 0 fully saturated rings. The fraction of sp³-hybridized carbons (Fsp3) is 1.00. The molecule has 0 aromatic rings. The summed E-state index contributed by atoms with van der Waals surface area (Å²) in [5, 5.41) is -6.31. The van der Waals surface area contributed by atoms with Gasteiger partial charge in [0.15, 0.2) is 10.1 Å². The van der Waals surface area contributed by atoms with Gasteiger partial charge < -0.3 is 4.55 Å². The molecule has 0 aromatic carbocycles. The summed E-state index contributed by atoms with van der Waals surface area (Å²) in [6.45, 7) is 0. The van der Waals surface area contributed by atoms with E-state index in [-0.39, 0.29) is 0 Å². The van der Waals surface area contributed by atoms with Crippen LogP contribution in [0.4, 0.5) is 43.9 Å². The largest absolute Gasteiger partial charge is 0.743 e. The molecule has 0 aliphatic heterocycles. The third kappa shape index (κ3) is 3.25. The van der Waals surface area contributed by atoms with Crippen LogP contribution in [-0.4, -0.2) is 42.8 Å². The molecule has 20 heavy (non-hydrogen) atoms. The molecule has 0 aromatic heterocycles. The molecular formula is C5HF10O4S-. The van der Waals surface area contributed by atoms with Crippen molar-refractivity contribution in [2.45, 2.75) is 29.8 Å². The van der Waals surface area contributed by atoms with Crippen LogP contribution in [0.2, 0.25) is 0 Å². The fourth-order valence-corrected chi connectivity index (χ4v) is 0.826. The van der Waals surface area contributed by atoms with E-state index in [1.54, 1.807) is 0 Å². The van der Waals surface area contributed by atoms with Gasteiger partial charge in [-0.2, -0.15) is 39.5 Å². The summed E-state index contributed by atoms with van der Waals surface area (Å²) in [4.78, 5) is 0. The van der Waals surface area contributed by atoms with E-state index < -0.39 is 39.9 Å². The monoisotopic (exact) mass is 347 g/mol. The maximum absolute atomic E-state index is 12.4. The van der Waals surface area contributed by atoms with Gasteiger partial charge in [0.2, 0.25) is 0 Å². The van der Waals surface area contributed by atoms with Crippen LogP contribution in [-0.2, 0) is 14.9 Å². The van der Waals surface area contributed by atoms with Gasteiger partial charge in [-0.25, -0.2) is 12.8 Å². The Morgan fingerprint density at radius 2 is 1.25 bits per heavy atom. The Bertz CT molecular complexity index is 453. The van der Waals surface area contributed by atoms with E-state index in [1.165, 1.54) is 0 Å². The summed E-state index contributed by atoms with van der Waals surface area (Å²) in [6.07, 6.45) is -19.2. The second-order valence-electron chi connectivity index (χ2n) is 3.04. The van der Waals surface area contributed by atoms with Crippen LogP contribution in [0.5, 0.6) is 0 Å². The maximum Gasteiger partial charge on any atom is 0.462 e. The maximum atomic E-state index is 12.4. The van der Waals surface area contributed by atoms with Crippen molar-refractivity contribution in [3.8, 4) is 0 Å². The van der Waals surface area contributed by atoms with Crippen molar-refractivity contribution in [1.82, 2.24) is 0 Å². The molecule has 1 atom stereocenters. The van der Waals surface area contributed by atoms with Crippen LogP contribution in [0.15, 0.2) is 0 Å². The molecule has 0 heterocycles. The minimum atomic E-state index is -7.12. The zero-order valence-corrected chi connectivity index (χ0v) is 9.21. The first-order valence-corrected chi connectivity index (χ1v) is 5.26. The van der Waals surface area contributed by atoms with Crippen molar-refractivity contribution in [2.24, 2.45) is 0 Å². The van der Waals surface area contributed by atoms with Crippen LogP contribution < -0.4 is 0 Å². The summed E-state index contributed by atoms with van der Waals surface area (Å²) in [5.74, 6) is -7.12. The summed E-state index contributed by atoms with van der Waals surface area (Å²) in [7, 11) is -7.00. The lowest BCUT2D eigenvalue weighted by molar-refractivity contribution is -0.446. The molecule has 0 saturated heterocycles. The molecule has 122 valence electrons. The van der Waals surface area contributed by atoms with Crippen LogP contribution in [0.3, 0.4) is 0 Å². The minimum absolute atomic E-state index is 1.82. The molecule has 1 unspecified atom stereocenters. The number of alkyl halides is 10. The smallest absolute Gasteiger partial charge is 0.462 e. The summed E-state index contributed by atoms with van der Waals surface area (Å²) < 4.78 is 151. The summed E-state index contributed by atoms with van der Waals surface area (Å²) in [5.41, 5.74) is 0. The molecule has 0 rings (SSSR count). The Balaban J connectivity index is 5.43. The normalized spacial score (nSPS) is 17.1. The van der Waals surface area contributed by atoms with Gasteiger partial charge in [-0.05, 0) is 0 Å². The highest BCUT2D eigenvalue weighted by Crippen LogP contribution is 2.48. The highest BCUT2D eigenvalue weighted by atomic mass is 32.2. The average molecular weight is 347 g/mol. The fourth-order valence-electron chi connectivity index (χ4n) is 0.551. The molecule has 0 aliphatic rings. The first-order chi connectivity index (χ1) is 8.38. The van der Waals surface area contributed by atoms with Crippen molar-refractivity contribution >= 4 is 10.1 Å². The highest BCUT2D eigenvalue weighted by molar-refractivity contribution is 7.86. The van der Waals surface area contributed by atoms with E-state index >= 15 is 0 Å². The first-order valence-electron chi connectivity index (χ1n) is 3.85. The molecule has 4 nitrogen and oxygen atoms in total. The molecule has 0 spiro atoms. The Morgan fingerprint density at radius 3 is 1.50 bits per heavy atom. The number of hydrogen-bond acceptors (Lipinski definition) is 4. The van der Waals surface area contributed by atoms with E-state index in [0.717, 1.165) is 0 Å². The van der Waals surface area contributed by atoms with Gasteiger partial charge in [-0.1, -0.05) is 0 Å². The number of rotatable bonds is 5. The van der Waals surface area contributed by atoms with E-state index in [4.69, 9.17) is 0 Å². The van der Waals surface area contributed by atoms with Crippen molar-refractivity contribution < 1.29 is 61.6 Å². The quantitative estimate of drug-likeness (QED) is 0.565. The number of hydrogen-bond donors (Lipinski definition) is 0. The second kappa shape index (κ2) is 4.87. The Hall–Kier alpha value is -0.830. The van der Waals surface area contributed by atoms with Crippen LogP contribution in [0.25, 0.3) is 0 Å². The van der Waals surface area contributed by atoms with Crippen LogP contribution >= 0.6 is 0 Å². The molecule has 15 heteroatoms. The van der Waals surface area contributed by atoms with Crippen molar-refractivity contribution in [2.75, 3.05) is 0 Å². The summed E-state index contributed by atoms with van der Waals surface area (Å²) >= 11 is 0. The zero-order valence-electron chi connectivity index (χ0n) is 8.40. The van der Waals surface area contributed by atoms with E-state index in [2.05, 4.69) is 0 Å².